The van der Waals surface area contributed by atoms with E-state index in [1.807, 2.05) is 37.3 Å². The van der Waals surface area contributed by atoms with E-state index in [1.54, 1.807) is 44.4 Å². The predicted molar refractivity (Wildman–Crippen MR) is 144 cm³/mol. The van der Waals surface area contributed by atoms with Gasteiger partial charge in [-0.3, -0.25) is 19.4 Å². The SMILES string of the molecule is CCOC(=O)CCN(Cc1ccnc(C)c1)C(=O)c1cc2c(OC)ccc(-c3ccc(=O)n(C)c3)c2s1. The molecule has 0 aliphatic rings. The van der Waals surface area contributed by atoms with Crippen molar-refractivity contribution in [1.82, 2.24) is 14.5 Å². The lowest BCUT2D eigenvalue weighted by Gasteiger charge is -2.22. The lowest BCUT2D eigenvalue weighted by Crippen LogP contribution is -2.32. The molecule has 0 saturated heterocycles. The molecule has 0 saturated carbocycles. The minimum atomic E-state index is -0.346. The molecular formula is C28H29N3O5S. The second-order valence-corrected chi connectivity index (χ2v) is 9.68. The highest BCUT2D eigenvalue weighted by atomic mass is 32.1. The third-order valence-corrected chi connectivity index (χ3v) is 7.14. The number of carbonyl (C=O) groups excluding carboxylic acids is 2. The van der Waals surface area contributed by atoms with E-state index in [2.05, 4.69) is 4.98 Å². The molecule has 8 nitrogen and oxygen atoms in total. The number of aryl methyl sites for hydroxylation is 2. The van der Waals surface area contributed by atoms with Gasteiger partial charge in [-0.05, 0) is 61.4 Å². The Kier molecular flexibility index (Phi) is 8.03. The average molecular weight is 520 g/mol. The maximum absolute atomic E-state index is 13.8. The minimum absolute atomic E-state index is 0.0980. The maximum Gasteiger partial charge on any atom is 0.307 e. The molecule has 9 heteroatoms. The molecule has 4 rings (SSSR count). The molecule has 3 heterocycles. The fourth-order valence-corrected chi connectivity index (χ4v) is 5.33. The van der Waals surface area contributed by atoms with Crippen molar-refractivity contribution in [3.63, 3.8) is 0 Å². The third kappa shape index (κ3) is 5.89. The summed E-state index contributed by atoms with van der Waals surface area (Å²) < 4.78 is 13.1. The van der Waals surface area contributed by atoms with Gasteiger partial charge in [0.25, 0.3) is 5.91 Å². The van der Waals surface area contributed by atoms with Crippen molar-refractivity contribution >= 4 is 33.3 Å². The Morgan fingerprint density at radius 2 is 1.95 bits per heavy atom. The van der Waals surface area contributed by atoms with Gasteiger partial charge in [-0.15, -0.1) is 11.3 Å². The third-order valence-electron chi connectivity index (χ3n) is 5.98. The van der Waals surface area contributed by atoms with Gasteiger partial charge in [0.05, 0.1) is 25.0 Å². The van der Waals surface area contributed by atoms with Crippen LogP contribution < -0.4 is 10.3 Å². The van der Waals surface area contributed by atoms with Crippen LogP contribution in [0.15, 0.2) is 59.7 Å². The summed E-state index contributed by atoms with van der Waals surface area (Å²) in [4.78, 5) is 44.2. The number of aromatic nitrogens is 2. The predicted octanol–water partition coefficient (Wildman–Crippen LogP) is 4.57. The smallest absolute Gasteiger partial charge is 0.307 e. The summed E-state index contributed by atoms with van der Waals surface area (Å²) in [6.07, 6.45) is 3.59. The number of carbonyl (C=O) groups is 2. The topological polar surface area (TPSA) is 90.7 Å². The Balaban J connectivity index is 1.74. The van der Waals surface area contributed by atoms with Gasteiger partial charge in [0.2, 0.25) is 5.56 Å². The van der Waals surface area contributed by atoms with Gasteiger partial charge in [0, 0.05) is 59.9 Å². The largest absolute Gasteiger partial charge is 0.496 e. The second kappa shape index (κ2) is 11.4. The standard InChI is InChI=1S/C28H29N3O5S/c1-5-36-26(33)11-13-31(16-19-10-12-29-18(2)14-19)28(34)24-15-22-23(35-4)8-7-21(27(22)37-24)20-6-9-25(32)30(3)17-20/h6-10,12,14-15,17H,5,11,13,16H2,1-4H3. The van der Waals surface area contributed by atoms with Crippen molar-refractivity contribution in [2.45, 2.75) is 26.8 Å². The van der Waals surface area contributed by atoms with Gasteiger partial charge in [-0.25, -0.2) is 0 Å². The molecule has 0 fully saturated rings. The number of pyridine rings is 2. The molecule has 192 valence electrons. The molecule has 0 N–H and O–H groups in total. The first-order chi connectivity index (χ1) is 17.8. The summed E-state index contributed by atoms with van der Waals surface area (Å²) in [5, 5.41) is 0.812. The molecule has 0 unspecified atom stereocenters. The number of esters is 1. The first-order valence-corrected chi connectivity index (χ1v) is 12.8. The molecule has 0 aliphatic heterocycles. The van der Waals surface area contributed by atoms with Crippen LogP contribution in [0, 0.1) is 6.92 Å². The number of amides is 1. The molecule has 1 amide bonds. The van der Waals surface area contributed by atoms with Gasteiger partial charge in [-0.2, -0.15) is 0 Å². The summed E-state index contributed by atoms with van der Waals surface area (Å²) in [6, 6.07) is 12.7. The molecule has 0 bridgehead atoms. The minimum Gasteiger partial charge on any atom is -0.496 e. The van der Waals surface area contributed by atoms with E-state index in [-0.39, 0.29) is 30.4 Å². The first-order valence-electron chi connectivity index (χ1n) is 11.9. The number of thiophene rings is 1. The van der Waals surface area contributed by atoms with Crippen molar-refractivity contribution in [1.29, 1.82) is 0 Å². The Labute approximate surface area is 219 Å². The summed E-state index contributed by atoms with van der Waals surface area (Å²) >= 11 is 1.37. The van der Waals surface area contributed by atoms with Crippen LogP contribution in [0.4, 0.5) is 0 Å². The van der Waals surface area contributed by atoms with Crippen LogP contribution in [0.3, 0.4) is 0 Å². The number of fused-ring (bicyclic) bond motifs is 1. The van der Waals surface area contributed by atoms with Crippen LogP contribution in [0.25, 0.3) is 21.2 Å². The fourth-order valence-electron chi connectivity index (χ4n) is 4.15. The number of nitrogens with zero attached hydrogens (tertiary/aromatic N) is 3. The zero-order chi connectivity index (χ0) is 26.5. The number of hydrogen-bond acceptors (Lipinski definition) is 7. The highest BCUT2D eigenvalue weighted by Crippen LogP contribution is 2.40. The van der Waals surface area contributed by atoms with E-state index in [0.29, 0.717) is 23.8 Å². The number of methoxy groups -OCH3 is 1. The van der Waals surface area contributed by atoms with Crippen molar-refractivity contribution < 1.29 is 19.1 Å². The zero-order valence-corrected chi connectivity index (χ0v) is 22.1. The van der Waals surface area contributed by atoms with Crippen LogP contribution in [0.5, 0.6) is 5.75 Å². The van der Waals surface area contributed by atoms with Crippen LogP contribution in [0.2, 0.25) is 0 Å². The number of hydrogen-bond donors (Lipinski definition) is 0. The maximum atomic E-state index is 13.8. The van der Waals surface area contributed by atoms with Crippen molar-refractivity contribution in [2.75, 3.05) is 20.3 Å². The Bertz CT molecular complexity index is 1510. The van der Waals surface area contributed by atoms with E-state index in [9.17, 15) is 14.4 Å². The molecule has 1 aromatic carbocycles. The van der Waals surface area contributed by atoms with E-state index in [4.69, 9.17) is 9.47 Å². The number of benzene rings is 1. The van der Waals surface area contributed by atoms with E-state index in [0.717, 1.165) is 32.5 Å². The van der Waals surface area contributed by atoms with E-state index in [1.165, 1.54) is 22.0 Å². The number of rotatable bonds is 9. The summed E-state index contributed by atoms with van der Waals surface area (Å²) in [6.45, 7) is 4.50. The van der Waals surface area contributed by atoms with Crippen LogP contribution in [-0.2, 0) is 23.1 Å². The average Bonchev–Trinajstić information content (AvgIpc) is 3.33. The first kappa shape index (κ1) is 26.1. The molecule has 0 spiro atoms. The summed E-state index contributed by atoms with van der Waals surface area (Å²) in [7, 11) is 3.30. The van der Waals surface area contributed by atoms with Crippen molar-refractivity contribution in [2.24, 2.45) is 7.05 Å². The lowest BCUT2D eigenvalue weighted by atomic mass is 10.1. The molecule has 0 atom stereocenters. The molecule has 37 heavy (non-hydrogen) atoms. The monoisotopic (exact) mass is 519 g/mol. The van der Waals surface area contributed by atoms with Crippen LogP contribution >= 0.6 is 11.3 Å². The fraction of sp³-hybridized carbons (Fsp3) is 0.286. The normalized spacial score (nSPS) is 10.9. The Hall–Kier alpha value is -3.98. The molecule has 3 aromatic heterocycles. The molecule has 0 radical (unpaired) electrons. The van der Waals surface area contributed by atoms with Crippen LogP contribution in [-0.4, -0.2) is 46.6 Å². The van der Waals surface area contributed by atoms with E-state index < -0.39 is 0 Å². The number of ether oxygens (including phenoxy) is 2. The van der Waals surface area contributed by atoms with Gasteiger partial charge in [0.1, 0.15) is 5.75 Å². The zero-order valence-electron chi connectivity index (χ0n) is 21.3. The van der Waals surface area contributed by atoms with Gasteiger partial charge >= 0.3 is 5.97 Å². The lowest BCUT2D eigenvalue weighted by molar-refractivity contribution is -0.143. The van der Waals surface area contributed by atoms with Gasteiger partial charge in [0.15, 0.2) is 0 Å². The highest BCUT2D eigenvalue weighted by Gasteiger charge is 2.22. The Morgan fingerprint density at radius 1 is 1.14 bits per heavy atom. The highest BCUT2D eigenvalue weighted by molar-refractivity contribution is 7.21. The molecule has 0 aliphatic carbocycles. The second-order valence-electron chi connectivity index (χ2n) is 8.62. The Morgan fingerprint density at radius 3 is 2.65 bits per heavy atom. The van der Waals surface area contributed by atoms with E-state index >= 15 is 0 Å². The quantitative estimate of drug-likeness (QED) is 0.301. The van der Waals surface area contributed by atoms with Crippen LogP contribution in [0.1, 0.15) is 34.3 Å². The summed E-state index contributed by atoms with van der Waals surface area (Å²) in [5.41, 5.74) is 3.44. The molecular weight excluding hydrogens is 490 g/mol. The van der Waals surface area contributed by atoms with Gasteiger partial charge in [-0.1, -0.05) is 0 Å². The van der Waals surface area contributed by atoms with Crippen molar-refractivity contribution in [3.05, 3.63) is 81.3 Å². The van der Waals surface area contributed by atoms with Gasteiger partial charge < -0.3 is 18.9 Å². The summed E-state index contributed by atoms with van der Waals surface area (Å²) in [5.74, 6) is 0.122. The molecule has 4 aromatic rings. The van der Waals surface area contributed by atoms with Crippen molar-refractivity contribution in [3.8, 4) is 16.9 Å².